The van der Waals surface area contributed by atoms with E-state index in [-0.39, 0.29) is 24.7 Å². The third kappa shape index (κ3) is 5.55. The number of rotatable bonds is 6. The van der Waals surface area contributed by atoms with Gasteiger partial charge in [0.2, 0.25) is 5.91 Å². The van der Waals surface area contributed by atoms with E-state index in [2.05, 4.69) is 46.5 Å². The number of carbonyl (C=O) groups is 2. The van der Waals surface area contributed by atoms with Crippen LogP contribution < -0.4 is 21.7 Å². The van der Waals surface area contributed by atoms with Gasteiger partial charge in [-0.05, 0) is 36.4 Å². The van der Waals surface area contributed by atoms with Crippen LogP contribution in [0.4, 0.5) is 16.2 Å². The van der Waals surface area contributed by atoms with Crippen molar-refractivity contribution >= 4 is 39.2 Å². The Morgan fingerprint density at radius 2 is 1.86 bits per heavy atom. The van der Waals surface area contributed by atoms with Crippen molar-refractivity contribution in [2.24, 2.45) is 0 Å². The normalized spacial score (nSPS) is 10.3. The summed E-state index contributed by atoms with van der Waals surface area (Å²) in [5, 5.41) is 11.6. The summed E-state index contributed by atoms with van der Waals surface area (Å²) in [6.45, 7) is 0.171. The quantitative estimate of drug-likeness (QED) is 0.463. The molecule has 1 heterocycles. The highest BCUT2D eigenvalue weighted by atomic mass is 79.9. The van der Waals surface area contributed by atoms with Gasteiger partial charge in [-0.25, -0.2) is 9.59 Å². The molecule has 4 N–H and O–H groups in total. The van der Waals surface area contributed by atoms with Crippen molar-refractivity contribution in [2.75, 3.05) is 17.2 Å². The summed E-state index contributed by atoms with van der Waals surface area (Å²) in [6.07, 6.45) is 0.0960. The molecule has 0 aliphatic carbocycles. The van der Waals surface area contributed by atoms with Gasteiger partial charge >= 0.3 is 11.8 Å². The largest absolute Gasteiger partial charge is 0.439 e. The number of amides is 3. The molecule has 0 radical (unpaired) electrons. The zero-order chi connectivity index (χ0) is 19.9. The van der Waals surface area contributed by atoms with E-state index in [1.165, 1.54) is 0 Å². The first-order valence-electron chi connectivity index (χ1n) is 8.26. The van der Waals surface area contributed by atoms with Gasteiger partial charge in [0.1, 0.15) is 0 Å². The maximum atomic E-state index is 12.1. The van der Waals surface area contributed by atoms with Crippen LogP contribution >= 0.6 is 15.9 Å². The molecule has 9 nitrogen and oxygen atoms in total. The molecule has 0 atom stereocenters. The summed E-state index contributed by atoms with van der Waals surface area (Å²) >= 11 is 3.32. The van der Waals surface area contributed by atoms with Crippen molar-refractivity contribution in [3.63, 3.8) is 0 Å². The zero-order valence-electron chi connectivity index (χ0n) is 14.5. The molecule has 10 heteroatoms. The van der Waals surface area contributed by atoms with Gasteiger partial charge in [0.15, 0.2) is 5.82 Å². The molecule has 144 valence electrons. The van der Waals surface area contributed by atoms with E-state index in [1.807, 2.05) is 12.1 Å². The molecule has 0 saturated carbocycles. The van der Waals surface area contributed by atoms with Gasteiger partial charge < -0.3 is 16.0 Å². The average Bonchev–Trinajstić information content (AvgIpc) is 3.10. The first kappa shape index (κ1) is 19.4. The number of H-pyrrole nitrogens is 1. The smallest absolute Gasteiger partial charge is 0.337 e. The second-order valence-corrected chi connectivity index (χ2v) is 6.63. The number of aromatic amines is 1. The molecule has 0 saturated heterocycles. The van der Waals surface area contributed by atoms with Crippen molar-refractivity contribution in [3.05, 3.63) is 63.6 Å². The topological polar surface area (TPSA) is 129 Å². The summed E-state index contributed by atoms with van der Waals surface area (Å²) in [7, 11) is 0. The molecule has 0 aliphatic rings. The first-order chi connectivity index (χ1) is 13.5. The molecule has 2 aromatic carbocycles. The van der Waals surface area contributed by atoms with Crippen LogP contribution in [-0.4, -0.2) is 28.6 Å². The summed E-state index contributed by atoms with van der Waals surface area (Å²) in [5.74, 6) is -0.654. The highest BCUT2D eigenvalue weighted by Gasteiger charge is 2.08. The lowest BCUT2D eigenvalue weighted by Gasteiger charge is -2.09. The van der Waals surface area contributed by atoms with E-state index in [1.54, 1.807) is 36.4 Å². The minimum Gasteiger partial charge on any atom is -0.337 e. The minimum absolute atomic E-state index is 0.0960. The van der Waals surface area contributed by atoms with Crippen LogP contribution in [0.2, 0.25) is 0 Å². The lowest BCUT2D eigenvalue weighted by molar-refractivity contribution is -0.116. The number of hydrogen-bond acceptors (Lipinski definition) is 5. The Balaban J connectivity index is 1.46. The summed E-state index contributed by atoms with van der Waals surface area (Å²) < 4.78 is 5.38. The second kappa shape index (κ2) is 9.00. The van der Waals surface area contributed by atoms with Crippen LogP contribution in [-0.2, 0) is 4.79 Å². The molecule has 3 aromatic rings. The molecular formula is C18H16BrN5O4. The number of aromatic nitrogens is 2. The first-order valence-corrected chi connectivity index (χ1v) is 9.05. The Bertz CT molecular complexity index is 1030. The van der Waals surface area contributed by atoms with Crippen molar-refractivity contribution in [1.29, 1.82) is 0 Å². The monoisotopic (exact) mass is 445 g/mol. The average molecular weight is 446 g/mol. The highest BCUT2D eigenvalue weighted by Crippen LogP contribution is 2.18. The van der Waals surface area contributed by atoms with Crippen molar-refractivity contribution in [2.45, 2.75) is 6.42 Å². The van der Waals surface area contributed by atoms with Gasteiger partial charge in [0.25, 0.3) is 0 Å². The standard InChI is InChI=1S/C18H16BrN5O4/c19-12-4-6-13(7-5-12)22-17(26)20-9-8-15(25)21-14-3-1-2-11(10-14)16-23-18(27)28-24-16/h1-7,10H,8-9H2,(H,21,25)(H2,20,22,26)(H,23,24,27). The van der Waals surface area contributed by atoms with E-state index in [9.17, 15) is 14.4 Å². The fourth-order valence-electron chi connectivity index (χ4n) is 2.32. The number of benzene rings is 2. The van der Waals surface area contributed by atoms with Gasteiger partial charge in [-0.1, -0.05) is 33.2 Å². The molecule has 3 rings (SSSR count). The predicted molar refractivity (Wildman–Crippen MR) is 107 cm³/mol. The molecule has 0 aliphatic heterocycles. The molecule has 3 amide bonds. The fourth-order valence-corrected chi connectivity index (χ4v) is 2.58. The maximum absolute atomic E-state index is 12.1. The van der Waals surface area contributed by atoms with E-state index >= 15 is 0 Å². The molecule has 1 aromatic heterocycles. The van der Waals surface area contributed by atoms with Crippen LogP contribution in [0.25, 0.3) is 11.4 Å². The van der Waals surface area contributed by atoms with E-state index in [0.717, 1.165) is 4.47 Å². The number of nitrogens with one attached hydrogen (secondary N) is 4. The fraction of sp³-hybridized carbons (Fsp3) is 0.111. The van der Waals surface area contributed by atoms with Crippen molar-refractivity contribution in [1.82, 2.24) is 15.5 Å². The van der Waals surface area contributed by atoms with Crippen LogP contribution in [0.15, 0.2) is 62.3 Å². The van der Waals surface area contributed by atoms with E-state index in [4.69, 9.17) is 0 Å². The minimum atomic E-state index is -0.656. The molecule has 0 unspecified atom stereocenters. The lowest BCUT2D eigenvalue weighted by atomic mass is 10.2. The number of urea groups is 1. The van der Waals surface area contributed by atoms with Gasteiger partial charge in [0.05, 0.1) is 0 Å². The Hall–Kier alpha value is -3.40. The van der Waals surface area contributed by atoms with Gasteiger partial charge in [0, 0.05) is 34.4 Å². The highest BCUT2D eigenvalue weighted by molar-refractivity contribution is 9.10. The third-order valence-electron chi connectivity index (χ3n) is 3.60. The predicted octanol–water partition coefficient (Wildman–Crippen LogP) is 2.94. The van der Waals surface area contributed by atoms with Crippen LogP contribution in [0.1, 0.15) is 6.42 Å². The SMILES string of the molecule is O=C(CCNC(=O)Nc1ccc(Br)cc1)Nc1cccc(-c2noc(=O)[nH]2)c1. The number of hydrogen-bond donors (Lipinski definition) is 4. The third-order valence-corrected chi connectivity index (χ3v) is 4.13. The van der Waals surface area contributed by atoms with Crippen LogP contribution in [0, 0.1) is 0 Å². The Kier molecular flexibility index (Phi) is 6.22. The van der Waals surface area contributed by atoms with Crippen molar-refractivity contribution < 1.29 is 14.1 Å². The molecular weight excluding hydrogens is 430 g/mol. The van der Waals surface area contributed by atoms with Crippen LogP contribution in [0.5, 0.6) is 0 Å². The van der Waals surface area contributed by atoms with Crippen molar-refractivity contribution in [3.8, 4) is 11.4 Å². The molecule has 0 bridgehead atoms. The maximum Gasteiger partial charge on any atom is 0.439 e. The van der Waals surface area contributed by atoms with E-state index in [0.29, 0.717) is 16.9 Å². The zero-order valence-corrected chi connectivity index (χ0v) is 16.1. The Morgan fingerprint density at radius 3 is 2.57 bits per heavy atom. The number of halogens is 1. The van der Waals surface area contributed by atoms with Gasteiger partial charge in [-0.3, -0.25) is 14.3 Å². The lowest BCUT2D eigenvalue weighted by Crippen LogP contribution is -2.31. The Morgan fingerprint density at radius 1 is 1.07 bits per heavy atom. The van der Waals surface area contributed by atoms with Gasteiger partial charge in [-0.2, -0.15) is 0 Å². The van der Waals surface area contributed by atoms with Gasteiger partial charge in [-0.15, -0.1) is 0 Å². The second-order valence-electron chi connectivity index (χ2n) is 5.71. The Labute approximate surface area is 167 Å². The molecule has 28 heavy (non-hydrogen) atoms. The van der Waals surface area contributed by atoms with E-state index < -0.39 is 11.8 Å². The van der Waals surface area contributed by atoms with Crippen LogP contribution in [0.3, 0.4) is 0 Å². The number of nitrogens with zero attached hydrogens (tertiary/aromatic N) is 1. The summed E-state index contributed by atoms with van der Waals surface area (Å²) in [4.78, 5) is 37.4. The number of anilines is 2. The summed E-state index contributed by atoms with van der Waals surface area (Å²) in [5.41, 5.74) is 1.77. The molecule has 0 fully saturated rings. The molecule has 0 spiro atoms. The summed E-state index contributed by atoms with van der Waals surface area (Å²) in [6, 6.07) is 13.5. The number of carbonyl (C=O) groups excluding carboxylic acids is 2.